The lowest BCUT2D eigenvalue weighted by atomic mass is 10.0. The van der Waals surface area contributed by atoms with Crippen molar-refractivity contribution in [1.82, 2.24) is 0 Å². The van der Waals surface area contributed by atoms with E-state index in [0.717, 1.165) is 12.1 Å². The molecule has 0 saturated heterocycles. The summed E-state index contributed by atoms with van der Waals surface area (Å²) in [5.41, 5.74) is -0.789. The molecule has 0 spiro atoms. The topological polar surface area (TPSA) is 0 Å². The Morgan fingerprint density at radius 3 is 1.38 bits per heavy atom. The number of alkyl halides is 6. The van der Waals surface area contributed by atoms with Gasteiger partial charge in [-0.15, -0.1) is 0 Å². The van der Waals surface area contributed by atoms with E-state index >= 15 is 0 Å². The molecule has 2 rings (SSSR count). The van der Waals surface area contributed by atoms with Crippen molar-refractivity contribution in [1.29, 1.82) is 0 Å². The predicted molar refractivity (Wildman–Crippen MR) is 112 cm³/mol. The Hall–Kier alpha value is -0.670. The summed E-state index contributed by atoms with van der Waals surface area (Å²) in [7, 11) is 0. The number of benzene rings is 2. The van der Waals surface area contributed by atoms with Crippen LogP contribution in [-0.2, 0) is 25.2 Å². The third-order valence-electron chi connectivity index (χ3n) is 4.28. The van der Waals surface area contributed by atoms with Crippen LogP contribution < -0.4 is 0 Å². The number of hydrogen-bond donors (Lipinski definition) is 0. The van der Waals surface area contributed by atoms with Crippen LogP contribution in [0, 0.1) is 0 Å². The number of hydrogen-bond acceptors (Lipinski definition) is 1. The van der Waals surface area contributed by atoms with Crippen molar-refractivity contribution >= 4 is 43.6 Å². The average molecular weight is 564 g/mol. The summed E-state index contributed by atoms with van der Waals surface area (Å²) in [6.07, 6.45) is -7.12. The molecule has 0 bridgehead atoms. The van der Waals surface area contributed by atoms with Crippen molar-refractivity contribution in [2.45, 2.75) is 38.0 Å². The third kappa shape index (κ3) is 7.21. The van der Waals surface area contributed by atoms with Crippen LogP contribution >= 0.6 is 43.6 Å². The largest absolute Gasteiger partial charge is 0.416 e. The fraction of sp³-hybridized carbons (Fsp3) is 0.400. The normalized spacial score (nSPS) is 12.4. The van der Waals surface area contributed by atoms with Gasteiger partial charge in [-0.25, -0.2) is 0 Å². The fourth-order valence-corrected chi connectivity index (χ4v) is 4.99. The molecule has 2 aromatic rings. The number of rotatable bonds is 8. The van der Waals surface area contributed by atoms with Gasteiger partial charge in [-0.3, -0.25) is 0 Å². The first-order valence-electron chi connectivity index (χ1n) is 8.78. The van der Waals surface area contributed by atoms with Crippen molar-refractivity contribution in [3.63, 3.8) is 0 Å². The number of thioether (sulfide) groups is 1. The van der Waals surface area contributed by atoms with Crippen LogP contribution in [0.1, 0.15) is 35.1 Å². The second kappa shape index (κ2) is 10.6. The molecule has 0 aliphatic rings. The van der Waals surface area contributed by atoms with Crippen molar-refractivity contribution < 1.29 is 26.3 Å². The van der Waals surface area contributed by atoms with Gasteiger partial charge in [0, 0.05) is 8.95 Å². The molecule has 0 atom stereocenters. The zero-order valence-corrected chi connectivity index (χ0v) is 19.1. The zero-order chi connectivity index (χ0) is 21.7. The molecule has 0 heterocycles. The second-order valence-corrected chi connectivity index (χ2v) is 9.28. The standard InChI is InChI=1S/C20H18Br2F6S/c21-17-9-1-7-15(19(23,24)25)13(17)5-3-11-29-12-4-6-14-16(20(26,27)28)8-2-10-18(14)22/h1-2,7-10H,3-6,11-12H2. The molecule has 0 fully saturated rings. The molecular weight excluding hydrogens is 546 g/mol. The van der Waals surface area contributed by atoms with E-state index in [9.17, 15) is 26.3 Å². The lowest BCUT2D eigenvalue weighted by Gasteiger charge is -2.15. The molecule has 0 N–H and O–H groups in total. The molecule has 0 aromatic heterocycles. The lowest BCUT2D eigenvalue weighted by Crippen LogP contribution is -2.10. The van der Waals surface area contributed by atoms with Crippen LogP contribution in [0.5, 0.6) is 0 Å². The summed E-state index contributed by atoms with van der Waals surface area (Å²) < 4.78 is 79.5. The number of halogens is 8. The molecule has 0 unspecified atom stereocenters. The average Bonchev–Trinajstić information content (AvgIpc) is 2.61. The highest BCUT2D eigenvalue weighted by atomic mass is 79.9. The quantitative estimate of drug-likeness (QED) is 0.229. The van der Waals surface area contributed by atoms with E-state index in [-0.39, 0.29) is 24.0 Å². The molecule has 0 saturated carbocycles. The van der Waals surface area contributed by atoms with Gasteiger partial charge in [0.05, 0.1) is 11.1 Å². The first-order valence-corrected chi connectivity index (χ1v) is 11.5. The molecule has 0 radical (unpaired) electrons. The van der Waals surface area contributed by atoms with E-state index in [2.05, 4.69) is 31.9 Å². The maximum atomic E-state index is 13.1. The fourth-order valence-electron chi connectivity index (χ4n) is 2.96. The predicted octanol–water partition coefficient (Wildman–Crippen LogP) is 8.55. The van der Waals surface area contributed by atoms with E-state index < -0.39 is 23.5 Å². The highest BCUT2D eigenvalue weighted by molar-refractivity contribution is 9.10. The van der Waals surface area contributed by atoms with Crippen molar-refractivity contribution in [2.24, 2.45) is 0 Å². The summed E-state index contributed by atoms with van der Waals surface area (Å²) in [5.74, 6) is 1.28. The molecule has 0 aliphatic heterocycles. The summed E-state index contributed by atoms with van der Waals surface area (Å²) in [6, 6.07) is 8.05. The van der Waals surface area contributed by atoms with Gasteiger partial charge >= 0.3 is 12.4 Å². The van der Waals surface area contributed by atoms with Crippen LogP contribution in [0.2, 0.25) is 0 Å². The summed E-state index contributed by atoms with van der Waals surface area (Å²) >= 11 is 7.91. The Morgan fingerprint density at radius 1 is 0.655 bits per heavy atom. The Kier molecular flexibility index (Phi) is 8.97. The van der Waals surface area contributed by atoms with E-state index in [1.165, 1.54) is 23.9 Å². The van der Waals surface area contributed by atoms with Gasteiger partial charge in [-0.2, -0.15) is 38.1 Å². The molecular formula is C20H18Br2F6S. The zero-order valence-electron chi connectivity index (χ0n) is 15.1. The molecule has 0 aliphatic carbocycles. The Labute approximate surface area is 186 Å². The third-order valence-corrected chi connectivity index (χ3v) is 6.92. The summed E-state index contributed by atoms with van der Waals surface area (Å²) in [4.78, 5) is 0. The highest BCUT2D eigenvalue weighted by Crippen LogP contribution is 2.37. The van der Waals surface area contributed by atoms with E-state index in [4.69, 9.17) is 0 Å². The molecule has 29 heavy (non-hydrogen) atoms. The molecule has 9 heteroatoms. The maximum absolute atomic E-state index is 13.1. The van der Waals surface area contributed by atoms with Crippen molar-refractivity contribution in [2.75, 3.05) is 11.5 Å². The first kappa shape index (κ1) is 24.6. The molecule has 0 nitrogen and oxygen atoms in total. The van der Waals surface area contributed by atoms with E-state index in [0.29, 0.717) is 33.3 Å². The van der Waals surface area contributed by atoms with Gasteiger partial charge in [0.25, 0.3) is 0 Å². The van der Waals surface area contributed by atoms with Crippen LogP contribution in [0.25, 0.3) is 0 Å². The Morgan fingerprint density at radius 2 is 1.03 bits per heavy atom. The second-order valence-electron chi connectivity index (χ2n) is 6.35. The minimum Gasteiger partial charge on any atom is -0.166 e. The van der Waals surface area contributed by atoms with Crippen molar-refractivity contribution in [3.8, 4) is 0 Å². The minimum atomic E-state index is -4.40. The van der Waals surface area contributed by atoms with Crippen LogP contribution in [0.15, 0.2) is 45.3 Å². The van der Waals surface area contributed by atoms with Gasteiger partial charge in [0.1, 0.15) is 0 Å². The highest BCUT2D eigenvalue weighted by Gasteiger charge is 2.34. The monoisotopic (exact) mass is 562 g/mol. The smallest absolute Gasteiger partial charge is 0.166 e. The van der Waals surface area contributed by atoms with Crippen molar-refractivity contribution in [3.05, 3.63) is 67.6 Å². The van der Waals surface area contributed by atoms with Crippen LogP contribution in [0.4, 0.5) is 26.3 Å². The van der Waals surface area contributed by atoms with Gasteiger partial charge in [0.2, 0.25) is 0 Å². The van der Waals surface area contributed by atoms with Crippen LogP contribution in [0.3, 0.4) is 0 Å². The molecule has 0 amide bonds. The molecule has 160 valence electrons. The SMILES string of the molecule is FC(F)(F)c1cccc(Br)c1CCCSCCCc1c(Br)cccc1C(F)(F)F. The molecule has 2 aromatic carbocycles. The van der Waals surface area contributed by atoms with E-state index in [1.807, 2.05) is 0 Å². The van der Waals surface area contributed by atoms with Crippen LogP contribution in [-0.4, -0.2) is 11.5 Å². The Bertz CT molecular complexity index is 750. The van der Waals surface area contributed by atoms with Gasteiger partial charge < -0.3 is 0 Å². The maximum Gasteiger partial charge on any atom is 0.416 e. The summed E-state index contributed by atoms with van der Waals surface area (Å²) in [5, 5.41) is 0. The first-order chi connectivity index (χ1) is 13.5. The van der Waals surface area contributed by atoms with Gasteiger partial charge in [0.15, 0.2) is 0 Å². The minimum absolute atomic E-state index is 0.239. The lowest BCUT2D eigenvalue weighted by molar-refractivity contribution is -0.139. The van der Waals surface area contributed by atoms with E-state index in [1.54, 1.807) is 12.1 Å². The van der Waals surface area contributed by atoms with Gasteiger partial charge in [-0.1, -0.05) is 44.0 Å². The summed E-state index contributed by atoms with van der Waals surface area (Å²) in [6.45, 7) is 0. The Balaban J connectivity index is 1.82. The van der Waals surface area contributed by atoms with Gasteiger partial charge in [-0.05, 0) is 72.6 Å².